The number of hydrogen-bond donors (Lipinski definition) is 0. The average molecular weight is 323 g/mol. The molecule has 4 nitrogen and oxygen atoms in total. The van der Waals surface area contributed by atoms with Crippen LogP contribution in [0.1, 0.15) is 58.6 Å². The van der Waals surface area contributed by atoms with Gasteiger partial charge in [-0.3, -0.25) is 0 Å². The van der Waals surface area contributed by atoms with Crippen LogP contribution in [0.4, 0.5) is 4.39 Å². The van der Waals surface area contributed by atoms with E-state index >= 15 is 0 Å². The van der Waals surface area contributed by atoms with Crippen molar-refractivity contribution < 1.29 is 18.2 Å². The normalized spacial score (nSPS) is 21.1. The predicted octanol–water partition coefficient (Wildman–Crippen LogP) is 4.34. The first-order valence-electron chi connectivity index (χ1n) is 8.00. The molecule has 1 aliphatic rings. The molecule has 128 valence electrons. The Balaban J connectivity index is 2.17. The van der Waals surface area contributed by atoms with Crippen LogP contribution in [0.5, 0.6) is 0 Å². The lowest BCUT2D eigenvalue weighted by atomic mass is 9.78. The second-order valence-electron chi connectivity index (χ2n) is 8.09. The minimum Gasteiger partial charge on any atom is -0.398 e. The van der Waals surface area contributed by atoms with Gasteiger partial charge in [-0.05, 0) is 53.4 Å². The Bertz CT molecular complexity index is 584. The van der Waals surface area contributed by atoms with Gasteiger partial charge in [-0.25, -0.2) is 4.39 Å². The molecule has 0 aliphatic carbocycles. The van der Waals surface area contributed by atoms with E-state index < -0.39 is 23.7 Å². The number of allylic oxidation sites excluding steroid dienone is 1. The minimum atomic E-state index is -0.955. The smallest absolute Gasteiger partial charge is 0.398 e. The summed E-state index contributed by atoms with van der Waals surface area (Å²) in [5.74, 6) is 0.778. The number of halogens is 1. The third kappa shape index (κ3) is 3.69. The van der Waals surface area contributed by atoms with Crippen LogP contribution >= 0.6 is 0 Å². The van der Waals surface area contributed by atoms with Gasteiger partial charge in [0.05, 0.1) is 16.9 Å². The highest BCUT2D eigenvalue weighted by atomic mass is 19.1. The molecule has 0 unspecified atom stereocenters. The summed E-state index contributed by atoms with van der Waals surface area (Å²) in [6.07, 6.45) is 2.22. The standard InChI is InChI=1S/C17H27BFNO3/c1-11-13(12(2)21-20-11)9-15(3,4)10-14(19)18-22-16(5,6)17(7,8)23-18/h10H,9H2,1-8H3. The highest BCUT2D eigenvalue weighted by molar-refractivity contribution is 6.53. The van der Waals surface area contributed by atoms with Gasteiger partial charge in [0, 0.05) is 5.56 Å². The molecule has 0 amide bonds. The van der Waals surface area contributed by atoms with E-state index in [0.29, 0.717) is 6.42 Å². The van der Waals surface area contributed by atoms with Crippen LogP contribution in [-0.2, 0) is 15.7 Å². The summed E-state index contributed by atoms with van der Waals surface area (Å²) in [4.78, 5) is 0. The SMILES string of the molecule is Cc1noc(C)c1CC(C)(C)C=C(F)B1OC(C)(C)C(C)(C)O1. The van der Waals surface area contributed by atoms with Gasteiger partial charge in [-0.2, -0.15) is 0 Å². The summed E-state index contributed by atoms with van der Waals surface area (Å²) in [7, 11) is -0.955. The quantitative estimate of drug-likeness (QED) is 0.773. The van der Waals surface area contributed by atoms with Crippen LogP contribution in [0.25, 0.3) is 0 Å². The van der Waals surface area contributed by atoms with E-state index in [4.69, 9.17) is 13.8 Å². The summed E-state index contributed by atoms with van der Waals surface area (Å²) >= 11 is 0. The Morgan fingerprint density at radius 2 is 1.70 bits per heavy atom. The van der Waals surface area contributed by atoms with Crippen molar-refractivity contribution >= 4 is 7.12 Å². The number of aromatic nitrogens is 1. The molecule has 0 bridgehead atoms. The van der Waals surface area contributed by atoms with E-state index in [1.54, 1.807) is 6.08 Å². The van der Waals surface area contributed by atoms with Gasteiger partial charge < -0.3 is 13.8 Å². The zero-order valence-corrected chi connectivity index (χ0v) is 15.4. The van der Waals surface area contributed by atoms with Crippen LogP contribution in [0.2, 0.25) is 0 Å². The van der Waals surface area contributed by atoms with E-state index in [1.807, 2.05) is 55.4 Å². The fourth-order valence-corrected chi connectivity index (χ4v) is 2.66. The van der Waals surface area contributed by atoms with E-state index in [9.17, 15) is 4.39 Å². The molecule has 1 aromatic heterocycles. The van der Waals surface area contributed by atoms with Crippen LogP contribution in [-0.4, -0.2) is 23.5 Å². The molecular formula is C17H27BFNO3. The number of aryl methyl sites for hydroxylation is 2. The monoisotopic (exact) mass is 323 g/mol. The zero-order valence-electron chi connectivity index (χ0n) is 15.4. The van der Waals surface area contributed by atoms with Gasteiger partial charge in [-0.15, -0.1) is 0 Å². The molecule has 23 heavy (non-hydrogen) atoms. The van der Waals surface area contributed by atoms with E-state index in [-0.39, 0.29) is 5.73 Å². The number of nitrogens with zero attached hydrogens (tertiary/aromatic N) is 1. The topological polar surface area (TPSA) is 44.5 Å². The summed E-state index contributed by atoms with van der Waals surface area (Å²) in [6, 6.07) is 0. The van der Waals surface area contributed by atoms with Gasteiger partial charge in [-0.1, -0.05) is 25.1 Å². The Hall–Kier alpha value is -1.14. The summed E-state index contributed by atoms with van der Waals surface area (Å²) in [5.41, 5.74) is -0.0219. The molecule has 0 saturated carbocycles. The third-order valence-electron chi connectivity index (χ3n) is 4.82. The molecule has 1 aromatic rings. The van der Waals surface area contributed by atoms with Crippen molar-refractivity contribution in [2.75, 3.05) is 0 Å². The Kier molecular flexibility index (Phi) is 4.55. The molecule has 1 aliphatic heterocycles. The van der Waals surface area contributed by atoms with Crippen molar-refractivity contribution in [2.45, 2.75) is 73.0 Å². The van der Waals surface area contributed by atoms with Crippen LogP contribution in [0.15, 0.2) is 16.3 Å². The molecule has 0 radical (unpaired) electrons. The van der Waals surface area contributed by atoms with Crippen molar-refractivity contribution in [3.05, 3.63) is 28.8 Å². The lowest BCUT2D eigenvalue weighted by molar-refractivity contribution is 0.00578. The molecule has 2 rings (SSSR count). The van der Waals surface area contributed by atoms with Crippen molar-refractivity contribution in [3.8, 4) is 0 Å². The number of hydrogen-bond acceptors (Lipinski definition) is 4. The maximum absolute atomic E-state index is 14.7. The molecule has 0 aromatic carbocycles. The van der Waals surface area contributed by atoms with Crippen LogP contribution in [0.3, 0.4) is 0 Å². The van der Waals surface area contributed by atoms with Gasteiger partial charge in [0.25, 0.3) is 0 Å². The second kappa shape index (κ2) is 5.74. The Morgan fingerprint density at radius 1 is 1.17 bits per heavy atom. The highest BCUT2D eigenvalue weighted by Gasteiger charge is 2.53. The van der Waals surface area contributed by atoms with E-state index in [2.05, 4.69) is 5.16 Å². The molecule has 0 atom stereocenters. The maximum atomic E-state index is 14.7. The average Bonchev–Trinajstić information content (AvgIpc) is 2.79. The summed E-state index contributed by atoms with van der Waals surface area (Å²) in [6.45, 7) is 15.4. The van der Waals surface area contributed by atoms with Crippen molar-refractivity contribution in [2.24, 2.45) is 5.41 Å². The van der Waals surface area contributed by atoms with Gasteiger partial charge in [0.2, 0.25) is 0 Å². The van der Waals surface area contributed by atoms with Gasteiger partial charge >= 0.3 is 7.12 Å². The minimum absolute atomic E-state index is 0.389. The maximum Gasteiger partial charge on any atom is 0.524 e. The first-order valence-corrected chi connectivity index (χ1v) is 8.00. The van der Waals surface area contributed by atoms with Crippen LogP contribution < -0.4 is 0 Å². The molecule has 1 fully saturated rings. The van der Waals surface area contributed by atoms with Crippen LogP contribution in [0, 0.1) is 19.3 Å². The van der Waals surface area contributed by atoms with Crippen molar-refractivity contribution in [1.82, 2.24) is 5.16 Å². The molecule has 0 N–H and O–H groups in total. The first kappa shape index (κ1) is 18.2. The third-order valence-corrected chi connectivity index (χ3v) is 4.82. The lowest BCUT2D eigenvalue weighted by Crippen LogP contribution is -2.41. The number of rotatable bonds is 4. The largest absolute Gasteiger partial charge is 0.524 e. The molecule has 2 heterocycles. The summed E-state index contributed by atoms with van der Waals surface area (Å²) in [5, 5.41) is 3.96. The van der Waals surface area contributed by atoms with Gasteiger partial charge in [0.15, 0.2) is 0 Å². The Labute approximate surface area is 138 Å². The van der Waals surface area contributed by atoms with Crippen molar-refractivity contribution in [3.63, 3.8) is 0 Å². The Morgan fingerprint density at radius 3 is 2.13 bits per heavy atom. The fourth-order valence-electron chi connectivity index (χ4n) is 2.66. The second-order valence-corrected chi connectivity index (χ2v) is 8.09. The van der Waals surface area contributed by atoms with Gasteiger partial charge in [0.1, 0.15) is 11.5 Å². The molecule has 0 spiro atoms. The lowest BCUT2D eigenvalue weighted by Gasteiger charge is -2.32. The highest BCUT2D eigenvalue weighted by Crippen LogP contribution is 2.40. The zero-order chi connectivity index (χ0) is 17.6. The van der Waals surface area contributed by atoms with E-state index in [1.165, 1.54) is 0 Å². The fraction of sp³-hybridized carbons (Fsp3) is 0.706. The van der Waals surface area contributed by atoms with Crippen molar-refractivity contribution in [1.29, 1.82) is 0 Å². The predicted molar refractivity (Wildman–Crippen MR) is 88.7 cm³/mol. The molecule has 6 heteroatoms. The molecular weight excluding hydrogens is 296 g/mol. The molecule has 1 saturated heterocycles. The van der Waals surface area contributed by atoms with E-state index in [0.717, 1.165) is 17.0 Å². The first-order chi connectivity index (χ1) is 10.3. The summed E-state index contributed by atoms with van der Waals surface area (Å²) < 4.78 is 31.4.